The third kappa shape index (κ3) is 4.09. The number of amides is 1. The molecule has 0 aliphatic rings. The second-order valence-corrected chi connectivity index (χ2v) is 6.05. The molecule has 1 aromatic rings. The van der Waals surface area contributed by atoms with E-state index in [0.29, 0.717) is 6.54 Å². The first-order valence-electron chi connectivity index (χ1n) is 6.27. The highest BCUT2D eigenvalue weighted by atomic mass is 79.9. The molecule has 3 nitrogen and oxygen atoms in total. The molecule has 1 atom stereocenters. The normalized spacial score (nSPS) is 12.8. The smallest absolute Gasteiger partial charge is 0.237 e. The summed E-state index contributed by atoms with van der Waals surface area (Å²) in [6, 6.07) is 4.07. The molecule has 1 amide bonds. The molecular weight excluding hydrogens is 292 g/mol. The number of pyridine rings is 1. The van der Waals surface area contributed by atoms with E-state index in [1.54, 1.807) is 12.4 Å². The van der Waals surface area contributed by atoms with E-state index >= 15 is 0 Å². The molecule has 0 radical (unpaired) electrons. The van der Waals surface area contributed by atoms with E-state index in [9.17, 15) is 4.79 Å². The van der Waals surface area contributed by atoms with Gasteiger partial charge in [0.2, 0.25) is 5.91 Å². The van der Waals surface area contributed by atoms with Crippen LogP contribution in [-0.4, -0.2) is 26.7 Å². The van der Waals surface area contributed by atoms with Crippen molar-refractivity contribution in [3.8, 4) is 0 Å². The number of hydrogen-bond donors (Lipinski definition) is 0. The first-order valence-corrected chi connectivity index (χ1v) is 7.18. The minimum Gasteiger partial charge on any atom is -0.335 e. The van der Waals surface area contributed by atoms with Crippen LogP contribution in [0.1, 0.15) is 33.3 Å². The Hall–Kier alpha value is -0.900. The number of alkyl halides is 1. The van der Waals surface area contributed by atoms with Crippen molar-refractivity contribution in [2.75, 3.05) is 0 Å². The van der Waals surface area contributed by atoms with Crippen LogP contribution in [0.2, 0.25) is 0 Å². The zero-order valence-corrected chi connectivity index (χ0v) is 13.0. The Kier molecular flexibility index (Phi) is 5.79. The summed E-state index contributed by atoms with van der Waals surface area (Å²) in [4.78, 5) is 18.2. The monoisotopic (exact) mass is 312 g/mol. The van der Waals surface area contributed by atoms with Crippen molar-refractivity contribution >= 4 is 21.8 Å². The van der Waals surface area contributed by atoms with Gasteiger partial charge in [-0.2, -0.15) is 0 Å². The number of halogens is 1. The van der Waals surface area contributed by atoms with Gasteiger partial charge in [0.1, 0.15) is 0 Å². The minimum atomic E-state index is -0.128. The second kappa shape index (κ2) is 6.88. The van der Waals surface area contributed by atoms with Gasteiger partial charge in [0.25, 0.3) is 0 Å². The fraction of sp³-hybridized carbons (Fsp3) is 0.571. The fourth-order valence-electron chi connectivity index (χ4n) is 1.65. The van der Waals surface area contributed by atoms with Crippen LogP contribution >= 0.6 is 15.9 Å². The van der Waals surface area contributed by atoms with Gasteiger partial charge in [0.15, 0.2) is 0 Å². The molecular formula is C14H21BrN2O. The average molecular weight is 313 g/mol. The van der Waals surface area contributed by atoms with Crippen LogP contribution in [-0.2, 0) is 11.3 Å². The first kappa shape index (κ1) is 15.2. The highest BCUT2D eigenvalue weighted by Crippen LogP contribution is 2.18. The van der Waals surface area contributed by atoms with E-state index in [2.05, 4.69) is 20.9 Å². The van der Waals surface area contributed by atoms with Gasteiger partial charge in [-0.25, -0.2) is 0 Å². The Morgan fingerprint density at radius 2 is 2.06 bits per heavy atom. The predicted molar refractivity (Wildman–Crippen MR) is 77.5 cm³/mol. The predicted octanol–water partition coefficient (Wildman–Crippen LogP) is 3.24. The zero-order chi connectivity index (χ0) is 13.7. The van der Waals surface area contributed by atoms with Crippen molar-refractivity contribution in [2.24, 2.45) is 5.92 Å². The molecule has 0 fully saturated rings. The van der Waals surface area contributed by atoms with Gasteiger partial charge in [0.05, 0.1) is 4.83 Å². The van der Waals surface area contributed by atoms with E-state index in [1.807, 2.05) is 44.7 Å². The quantitative estimate of drug-likeness (QED) is 0.782. The van der Waals surface area contributed by atoms with Crippen LogP contribution in [0.3, 0.4) is 0 Å². The lowest BCUT2D eigenvalue weighted by molar-refractivity contribution is -0.133. The summed E-state index contributed by atoms with van der Waals surface area (Å²) in [6.45, 7) is 8.77. The van der Waals surface area contributed by atoms with Crippen LogP contribution in [0.5, 0.6) is 0 Å². The SMILES string of the molecule is CC(C)C(Br)C(=O)N(Cc1cccnc1)C(C)C. The maximum atomic E-state index is 12.4. The fourth-order valence-corrected chi connectivity index (χ4v) is 1.91. The number of nitrogens with zero attached hydrogens (tertiary/aromatic N) is 2. The van der Waals surface area contributed by atoms with Gasteiger partial charge in [0, 0.05) is 25.0 Å². The Morgan fingerprint density at radius 3 is 2.50 bits per heavy atom. The summed E-state index contributed by atoms with van der Waals surface area (Å²) in [7, 11) is 0. The molecule has 1 heterocycles. The van der Waals surface area contributed by atoms with E-state index in [4.69, 9.17) is 0 Å². The molecule has 1 unspecified atom stereocenters. The van der Waals surface area contributed by atoms with Crippen LogP contribution in [0, 0.1) is 5.92 Å². The first-order chi connectivity index (χ1) is 8.43. The van der Waals surface area contributed by atoms with Crippen molar-refractivity contribution < 1.29 is 4.79 Å². The van der Waals surface area contributed by atoms with Gasteiger partial charge in [-0.3, -0.25) is 9.78 Å². The Labute approximate surface area is 118 Å². The van der Waals surface area contributed by atoms with Crippen molar-refractivity contribution in [2.45, 2.75) is 45.1 Å². The molecule has 100 valence electrons. The van der Waals surface area contributed by atoms with Gasteiger partial charge < -0.3 is 4.90 Å². The standard InChI is InChI=1S/C14H21BrN2O/c1-10(2)13(15)14(18)17(11(3)4)9-12-6-5-7-16-8-12/h5-8,10-11,13H,9H2,1-4H3. The van der Waals surface area contributed by atoms with Gasteiger partial charge in [-0.1, -0.05) is 35.8 Å². The molecule has 4 heteroatoms. The highest BCUT2D eigenvalue weighted by molar-refractivity contribution is 9.10. The lowest BCUT2D eigenvalue weighted by Crippen LogP contribution is -2.42. The van der Waals surface area contributed by atoms with Crippen LogP contribution < -0.4 is 0 Å². The summed E-state index contributed by atoms with van der Waals surface area (Å²) in [5, 5.41) is 0. The molecule has 0 N–H and O–H groups in total. The Bertz CT molecular complexity index is 379. The maximum Gasteiger partial charge on any atom is 0.237 e. The summed E-state index contributed by atoms with van der Waals surface area (Å²) < 4.78 is 0. The summed E-state index contributed by atoms with van der Waals surface area (Å²) >= 11 is 3.48. The van der Waals surface area contributed by atoms with E-state index < -0.39 is 0 Å². The molecule has 0 saturated carbocycles. The largest absolute Gasteiger partial charge is 0.335 e. The third-order valence-corrected chi connectivity index (χ3v) is 4.25. The second-order valence-electron chi connectivity index (χ2n) is 5.07. The lowest BCUT2D eigenvalue weighted by Gasteiger charge is -2.30. The van der Waals surface area contributed by atoms with E-state index in [-0.39, 0.29) is 22.7 Å². The minimum absolute atomic E-state index is 0.128. The molecule has 0 aliphatic heterocycles. The van der Waals surface area contributed by atoms with Crippen LogP contribution in [0.4, 0.5) is 0 Å². The number of aromatic nitrogens is 1. The molecule has 0 spiro atoms. The van der Waals surface area contributed by atoms with Crippen molar-refractivity contribution in [1.29, 1.82) is 0 Å². The highest BCUT2D eigenvalue weighted by Gasteiger charge is 2.26. The summed E-state index contributed by atoms with van der Waals surface area (Å²) in [6.07, 6.45) is 3.55. The maximum absolute atomic E-state index is 12.4. The lowest BCUT2D eigenvalue weighted by atomic mass is 10.1. The van der Waals surface area contributed by atoms with Gasteiger partial charge in [-0.15, -0.1) is 0 Å². The van der Waals surface area contributed by atoms with Gasteiger partial charge in [-0.05, 0) is 31.4 Å². The number of hydrogen-bond acceptors (Lipinski definition) is 2. The summed E-state index contributed by atoms with van der Waals surface area (Å²) in [5.74, 6) is 0.427. The molecule has 0 bridgehead atoms. The van der Waals surface area contributed by atoms with Crippen molar-refractivity contribution in [3.63, 3.8) is 0 Å². The average Bonchev–Trinajstić information content (AvgIpc) is 2.35. The third-order valence-electron chi connectivity index (χ3n) is 2.80. The topological polar surface area (TPSA) is 33.2 Å². The van der Waals surface area contributed by atoms with Gasteiger partial charge >= 0.3 is 0 Å². The molecule has 1 aromatic heterocycles. The Morgan fingerprint density at radius 1 is 1.39 bits per heavy atom. The van der Waals surface area contributed by atoms with Crippen molar-refractivity contribution in [3.05, 3.63) is 30.1 Å². The molecule has 1 rings (SSSR count). The molecule has 0 aromatic carbocycles. The number of carbonyl (C=O) groups is 1. The number of carbonyl (C=O) groups excluding carboxylic acids is 1. The Balaban J connectivity index is 2.81. The number of rotatable bonds is 5. The molecule has 0 saturated heterocycles. The van der Waals surface area contributed by atoms with Crippen LogP contribution in [0.15, 0.2) is 24.5 Å². The molecule has 18 heavy (non-hydrogen) atoms. The van der Waals surface area contributed by atoms with E-state index in [1.165, 1.54) is 0 Å². The van der Waals surface area contributed by atoms with Crippen LogP contribution in [0.25, 0.3) is 0 Å². The molecule has 0 aliphatic carbocycles. The zero-order valence-electron chi connectivity index (χ0n) is 11.4. The van der Waals surface area contributed by atoms with Crippen molar-refractivity contribution in [1.82, 2.24) is 9.88 Å². The van der Waals surface area contributed by atoms with E-state index in [0.717, 1.165) is 5.56 Å². The summed E-state index contributed by atoms with van der Waals surface area (Å²) in [5.41, 5.74) is 1.06.